The maximum Gasteiger partial charge on any atom is 0.303 e. The van der Waals surface area contributed by atoms with Gasteiger partial charge in [0.05, 0.1) is 13.5 Å². The number of carbonyl (C=O) groups is 1. The van der Waals surface area contributed by atoms with Crippen LogP contribution in [0.3, 0.4) is 0 Å². The Hall–Kier alpha value is -1.58. The Kier molecular flexibility index (Phi) is 3.84. The zero-order valence-corrected chi connectivity index (χ0v) is 10.4. The number of ether oxygens (including phenoxy) is 1. The topological polar surface area (TPSA) is 46.5 Å². The van der Waals surface area contributed by atoms with Crippen LogP contribution in [-0.4, -0.2) is 18.2 Å². The molecule has 3 nitrogen and oxygen atoms in total. The summed E-state index contributed by atoms with van der Waals surface area (Å²) >= 11 is 0. The lowest BCUT2D eigenvalue weighted by Crippen LogP contribution is -2.08. The molecule has 2 rings (SSSR count). The molecule has 98 valence electrons. The molecule has 1 saturated carbocycles. The first-order valence-electron chi connectivity index (χ1n) is 6.14. The number of rotatable bonds is 6. The largest absolute Gasteiger partial charge is 0.497 e. The molecule has 0 bridgehead atoms. The Morgan fingerprint density at radius 2 is 2.22 bits per heavy atom. The molecular formula is C14H17FO3. The second kappa shape index (κ2) is 5.38. The van der Waals surface area contributed by atoms with Gasteiger partial charge in [-0.25, -0.2) is 4.39 Å². The maximum atomic E-state index is 13.4. The Morgan fingerprint density at radius 3 is 2.78 bits per heavy atom. The Morgan fingerprint density at radius 1 is 1.50 bits per heavy atom. The summed E-state index contributed by atoms with van der Waals surface area (Å²) in [6.07, 6.45) is 3.17. The SMILES string of the molecule is COc1cc(F)cc([C@@H](CC(=O)O)CC2CC2)c1. The van der Waals surface area contributed by atoms with Crippen molar-refractivity contribution in [3.05, 3.63) is 29.6 Å². The van der Waals surface area contributed by atoms with Gasteiger partial charge < -0.3 is 9.84 Å². The van der Waals surface area contributed by atoms with Crippen molar-refractivity contribution in [2.75, 3.05) is 7.11 Å². The van der Waals surface area contributed by atoms with E-state index < -0.39 is 5.97 Å². The molecule has 18 heavy (non-hydrogen) atoms. The smallest absolute Gasteiger partial charge is 0.303 e. The fraction of sp³-hybridized carbons (Fsp3) is 0.500. The molecule has 1 N–H and O–H groups in total. The summed E-state index contributed by atoms with van der Waals surface area (Å²) < 4.78 is 18.5. The quantitative estimate of drug-likeness (QED) is 0.845. The number of carboxylic acid groups (broad SMARTS) is 1. The average molecular weight is 252 g/mol. The van der Waals surface area contributed by atoms with Gasteiger partial charge in [-0.1, -0.05) is 12.8 Å². The van der Waals surface area contributed by atoms with E-state index in [4.69, 9.17) is 9.84 Å². The van der Waals surface area contributed by atoms with Crippen LogP contribution in [-0.2, 0) is 4.79 Å². The monoisotopic (exact) mass is 252 g/mol. The van der Waals surface area contributed by atoms with Crippen molar-refractivity contribution in [3.63, 3.8) is 0 Å². The van der Waals surface area contributed by atoms with Crippen molar-refractivity contribution < 1.29 is 19.0 Å². The van der Waals surface area contributed by atoms with Crippen molar-refractivity contribution in [2.24, 2.45) is 5.92 Å². The molecular weight excluding hydrogens is 235 g/mol. The second-order valence-electron chi connectivity index (χ2n) is 4.90. The predicted molar refractivity (Wildman–Crippen MR) is 65.3 cm³/mol. The van der Waals surface area contributed by atoms with E-state index in [0.717, 1.165) is 24.8 Å². The van der Waals surface area contributed by atoms with E-state index in [9.17, 15) is 9.18 Å². The van der Waals surface area contributed by atoms with Crippen molar-refractivity contribution in [3.8, 4) is 5.75 Å². The Balaban J connectivity index is 2.21. The molecule has 0 saturated heterocycles. The van der Waals surface area contributed by atoms with Gasteiger partial charge in [0.1, 0.15) is 11.6 Å². The number of benzene rings is 1. The number of halogens is 1. The van der Waals surface area contributed by atoms with Crippen LogP contribution in [0.5, 0.6) is 5.75 Å². The fourth-order valence-corrected chi connectivity index (χ4v) is 2.24. The lowest BCUT2D eigenvalue weighted by molar-refractivity contribution is -0.137. The first-order chi connectivity index (χ1) is 8.58. The van der Waals surface area contributed by atoms with Crippen molar-refractivity contribution in [1.29, 1.82) is 0 Å². The summed E-state index contributed by atoms with van der Waals surface area (Å²) in [6.45, 7) is 0. The molecule has 1 atom stereocenters. The summed E-state index contributed by atoms with van der Waals surface area (Å²) in [5.74, 6) is -0.307. The molecule has 1 fully saturated rings. The van der Waals surface area contributed by atoms with Gasteiger partial charge in [-0.15, -0.1) is 0 Å². The van der Waals surface area contributed by atoms with Gasteiger partial charge >= 0.3 is 5.97 Å². The van der Waals surface area contributed by atoms with Gasteiger partial charge in [0.15, 0.2) is 0 Å². The third-order valence-corrected chi connectivity index (χ3v) is 3.34. The number of hydrogen-bond acceptors (Lipinski definition) is 2. The number of hydrogen-bond donors (Lipinski definition) is 1. The highest BCUT2D eigenvalue weighted by atomic mass is 19.1. The van der Waals surface area contributed by atoms with Gasteiger partial charge in [-0.05, 0) is 36.0 Å². The van der Waals surface area contributed by atoms with Crippen LogP contribution in [0.4, 0.5) is 4.39 Å². The van der Waals surface area contributed by atoms with E-state index >= 15 is 0 Å². The molecule has 1 aliphatic rings. The van der Waals surface area contributed by atoms with E-state index in [0.29, 0.717) is 11.7 Å². The molecule has 0 heterocycles. The highest BCUT2D eigenvalue weighted by Gasteiger charge is 2.28. The van der Waals surface area contributed by atoms with E-state index in [1.165, 1.54) is 19.2 Å². The Labute approximate surface area is 106 Å². The highest BCUT2D eigenvalue weighted by Crippen LogP contribution is 2.40. The molecule has 0 aromatic heterocycles. The van der Waals surface area contributed by atoms with Crippen molar-refractivity contribution in [2.45, 2.75) is 31.6 Å². The predicted octanol–water partition coefficient (Wildman–Crippen LogP) is 3.19. The minimum atomic E-state index is -0.844. The Bertz CT molecular complexity index is 441. The molecule has 0 aliphatic heterocycles. The third-order valence-electron chi connectivity index (χ3n) is 3.34. The third kappa shape index (κ3) is 3.45. The molecule has 1 aromatic carbocycles. The highest BCUT2D eigenvalue weighted by molar-refractivity contribution is 5.68. The normalized spacial score (nSPS) is 16.3. The minimum Gasteiger partial charge on any atom is -0.497 e. The molecule has 0 spiro atoms. The summed E-state index contributed by atoms with van der Waals surface area (Å²) in [6, 6.07) is 4.45. The van der Waals surface area contributed by atoms with Crippen LogP contribution < -0.4 is 4.74 Å². The number of methoxy groups -OCH3 is 1. The average Bonchev–Trinajstić information content (AvgIpc) is 3.10. The van der Waals surface area contributed by atoms with Crippen molar-refractivity contribution >= 4 is 5.97 Å². The van der Waals surface area contributed by atoms with Crippen LogP contribution in [0.15, 0.2) is 18.2 Å². The first kappa shape index (κ1) is 12.9. The van der Waals surface area contributed by atoms with Crippen molar-refractivity contribution in [1.82, 2.24) is 0 Å². The van der Waals surface area contributed by atoms with E-state index in [2.05, 4.69) is 0 Å². The summed E-state index contributed by atoms with van der Waals surface area (Å²) in [5.41, 5.74) is 0.723. The summed E-state index contributed by atoms with van der Waals surface area (Å²) in [4.78, 5) is 10.9. The van der Waals surface area contributed by atoms with Crippen LogP contribution in [0.2, 0.25) is 0 Å². The molecule has 0 unspecified atom stereocenters. The second-order valence-corrected chi connectivity index (χ2v) is 4.90. The van der Waals surface area contributed by atoms with E-state index in [-0.39, 0.29) is 18.2 Å². The zero-order valence-electron chi connectivity index (χ0n) is 10.4. The van der Waals surface area contributed by atoms with Crippen LogP contribution in [0.1, 0.15) is 37.2 Å². The van der Waals surface area contributed by atoms with Gasteiger partial charge in [0, 0.05) is 6.07 Å². The molecule has 1 aromatic rings. The lowest BCUT2D eigenvalue weighted by Gasteiger charge is -2.16. The minimum absolute atomic E-state index is 0.0447. The van der Waals surface area contributed by atoms with Gasteiger partial charge in [-0.2, -0.15) is 0 Å². The van der Waals surface area contributed by atoms with Gasteiger partial charge in [-0.3, -0.25) is 4.79 Å². The molecule has 4 heteroatoms. The van der Waals surface area contributed by atoms with E-state index in [1.807, 2.05) is 0 Å². The van der Waals surface area contributed by atoms with Crippen LogP contribution in [0, 0.1) is 11.7 Å². The molecule has 1 aliphatic carbocycles. The van der Waals surface area contributed by atoms with Crippen LogP contribution >= 0.6 is 0 Å². The van der Waals surface area contributed by atoms with E-state index in [1.54, 1.807) is 6.07 Å². The fourth-order valence-electron chi connectivity index (χ4n) is 2.24. The summed E-state index contributed by atoms with van der Waals surface area (Å²) in [7, 11) is 1.48. The molecule has 0 radical (unpaired) electrons. The van der Waals surface area contributed by atoms with Crippen LogP contribution in [0.25, 0.3) is 0 Å². The number of aliphatic carboxylic acids is 1. The van der Waals surface area contributed by atoms with Gasteiger partial charge in [0.25, 0.3) is 0 Å². The number of carboxylic acids is 1. The molecule has 0 amide bonds. The first-order valence-corrected chi connectivity index (χ1v) is 6.14. The zero-order chi connectivity index (χ0) is 13.1. The maximum absolute atomic E-state index is 13.4. The standard InChI is InChI=1S/C14H17FO3/c1-18-13-6-11(5-12(15)8-13)10(7-14(16)17)4-9-2-3-9/h5-6,8-10H,2-4,7H2,1H3,(H,16,17)/t10-/m1/s1. The lowest BCUT2D eigenvalue weighted by atomic mass is 9.90. The van der Waals surface area contributed by atoms with Gasteiger partial charge in [0.2, 0.25) is 0 Å². The summed E-state index contributed by atoms with van der Waals surface area (Å²) in [5, 5.41) is 8.95.